The highest BCUT2D eigenvalue weighted by molar-refractivity contribution is 7.03. The van der Waals surface area contributed by atoms with Crippen molar-refractivity contribution in [1.82, 2.24) is 0 Å². The van der Waals surface area contributed by atoms with Crippen LogP contribution >= 0.6 is 21.7 Å². The summed E-state index contributed by atoms with van der Waals surface area (Å²) in [6.45, 7) is 4.23. The molecule has 0 aliphatic carbocycles. The van der Waals surface area contributed by atoms with Crippen molar-refractivity contribution in [3.63, 3.8) is 0 Å². The molecule has 2 atom stereocenters. The van der Waals surface area contributed by atoms with Crippen LogP contribution in [0.1, 0.15) is 33.1 Å². The lowest BCUT2D eigenvalue weighted by Gasteiger charge is -2.40. The van der Waals surface area contributed by atoms with E-state index < -0.39 is 18.6 Å². The van der Waals surface area contributed by atoms with E-state index >= 15 is 0 Å². The molecule has 0 radical (unpaired) electrons. The first-order chi connectivity index (χ1) is 5.62. The van der Waals surface area contributed by atoms with Gasteiger partial charge in [0, 0.05) is 0 Å². The van der Waals surface area contributed by atoms with Crippen LogP contribution in [-0.2, 0) is 3.79 Å². The third-order valence-corrected chi connectivity index (χ3v) is 5.85. The minimum absolute atomic E-state index is 0.439. The molecule has 0 aromatic carbocycles. The normalized spacial score (nSPS) is 37.0. The van der Waals surface area contributed by atoms with Crippen LogP contribution in [0.2, 0.25) is 5.28 Å². The fourth-order valence-electron chi connectivity index (χ4n) is 1.80. The molecule has 0 aromatic rings. The molecule has 1 heterocycles. The molecule has 0 amide bonds. The summed E-state index contributed by atoms with van der Waals surface area (Å²) in [5, 5.41) is 0.625. The lowest BCUT2D eigenvalue weighted by molar-refractivity contribution is 0.0647. The minimum Gasteiger partial charge on any atom is -0.472 e. The summed E-state index contributed by atoms with van der Waals surface area (Å²) in [6.07, 6.45) is 3.10. The Hall–Kier alpha value is 1.07. The van der Waals surface area contributed by atoms with E-state index in [1.165, 1.54) is 0 Å². The fraction of sp³-hybridized carbons (Fsp3) is 1.00. The average Bonchev–Trinajstić information content (AvgIpc) is 2.05. The van der Waals surface area contributed by atoms with Crippen LogP contribution in [-0.4, -0.2) is 18.6 Å². The fourth-order valence-corrected chi connectivity index (χ4v) is 4.94. The van der Waals surface area contributed by atoms with Crippen LogP contribution in [0.3, 0.4) is 0 Å². The van der Waals surface area contributed by atoms with Crippen molar-refractivity contribution in [2.24, 2.45) is 5.92 Å². The third kappa shape index (κ3) is 2.31. The van der Waals surface area contributed by atoms with Gasteiger partial charge in [-0.25, -0.2) is 10.0 Å². The van der Waals surface area contributed by atoms with E-state index in [0.29, 0.717) is 5.92 Å². The Labute approximate surface area is 88.3 Å². The van der Waals surface area contributed by atoms with E-state index in [0.717, 1.165) is 24.5 Å². The summed E-state index contributed by atoms with van der Waals surface area (Å²) < 4.78 is 5.70. The highest BCUT2D eigenvalue weighted by Crippen LogP contribution is 2.41. The van der Waals surface area contributed by atoms with Crippen LogP contribution < -0.4 is 0 Å². The second kappa shape index (κ2) is 4.53. The molecule has 1 fully saturated rings. The number of alkyl halides is 1. The molecule has 1 aliphatic heterocycles. The SMILES string of the molecule is CCC1C[CH2][Al]([Cl])[O]C1(Cl)CC. The minimum atomic E-state index is -1.45. The molecule has 4 heteroatoms. The van der Waals surface area contributed by atoms with Crippen molar-refractivity contribution in [3.8, 4) is 0 Å². The maximum absolute atomic E-state index is 6.35. The second-order valence-corrected chi connectivity index (χ2v) is 7.08. The molecule has 0 spiro atoms. The zero-order chi connectivity index (χ0) is 9.19. The van der Waals surface area contributed by atoms with Crippen molar-refractivity contribution >= 4 is 35.2 Å². The van der Waals surface area contributed by atoms with Crippen molar-refractivity contribution in [1.29, 1.82) is 0 Å². The van der Waals surface area contributed by atoms with Gasteiger partial charge >= 0.3 is 13.6 Å². The van der Waals surface area contributed by atoms with Gasteiger partial charge in [0.2, 0.25) is 0 Å². The van der Waals surface area contributed by atoms with Gasteiger partial charge in [-0.15, -0.1) is 0 Å². The predicted octanol–water partition coefficient (Wildman–Crippen LogP) is 3.51. The number of hydrogen-bond acceptors (Lipinski definition) is 1. The van der Waals surface area contributed by atoms with Gasteiger partial charge in [0.1, 0.15) is 5.06 Å². The highest BCUT2D eigenvalue weighted by atomic mass is 35.6. The summed E-state index contributed by atoms with van der Waals surface area (Å²) in [5.74, 6) is 0.492. The first kappa shape index (κ1) is 11.1. The molecule has 2 unspecified atom stereocenters. The van der Waals surface area contributed by atoms with Crippen LogP contribution in [0, 0.1) is 5.92 Å². The summed E-state index contributed by atoms with van der Waals surface area (Å²) >= 11 is 4.90. The first-order valence-corrected chi connectivity index (χ1v) is 8.04. The Morgan fingerprint density at radius 3 is 2.75 bits per heavy atom. The van der Waals surface area contributed by atoms with Gasteiger partial charge in [-0.2, -0.15) is 0 Å². The molecular weight excluding hydrogens is 210 g/mol. The van der Waals surface area contributed by atoms with Crippen molar-refractivity contribution in [2.75, 3.05) is 0 Å². The van der Waals surface area contributed by atoms with Crippen LogP contribution in [0.4, 0.5) is 0 Å². The number of rotatable bonds is 2. The largest absolute Gasteiger partial charge is 0.592 e. The first-order valence-electron chi connectivity index (χ1n) is 4.63. The summed E-state index contributed by atoms with van der Waals surface area (Å²) in [5.41, 5.74) is 0. The van der Waals surface area contributed by atoms with E-state index in [4.69, 9.17) is 25.4 Å². The maximum Gasteiger partial charge on any atom is 0.592 e. The summed E-state index contributed by atoms with van der Waals surface area (Å²) in [6, 6.07) is 0. The van der Waals surface area contributed by atoms with E-state index in [1.54, 1.807) is 0 Å². The van der Waals surface area contributed by atoms with E-state index in [1.807, 2.05) is 0 Å². The van der Waals surface area contributed by atoms with E-state index in [2.05, 4.69) is 13.8 Å². The van der Waals surface area contributed by atoms with E-state index in [-0.39, 0.29) is 0 Å². The smallest absolute Gasteiger partial charge is 0.472 e. The zero-order valence-electron chi connectivity index (χ0n) is 7.65. The number of hydrogen-bond donors (Lipinski definition) is 0. The average molecular weight is 225 g/mol. The van der Waals surface area contributed by atoms with Gasteiger partial charge in [-0.3, -0.25) is 0 Å². The Morgan fingerprint density at radius 1 is 1.58 bits per heavy atom. The quantitative estimate of drug-likeness (QED) is 0.516. The molecule has 0 N–H and O–H groups in total. The third-order valence-electron chi connectivity index (χ3n) is 2.65. The zero-order valence-corrected chi connectivity index (χ0v) is 10.3. The second-order valence-electron chi connectivity index (χ2n) is 3.35. The standard InChI is InChI=1S/C8H15ClO.Al.ClH/c1-4-7(5-2)8(9,10)6-3;;/h7H,1,4-6H2,2-3H3;;1H/q-1;+2;/p-1. The Morgan fingerprint density at radius 2 is 2.25 bits per heavy atom. The van der Waals surface area contributed by atoms with Gasteiger partial charge in [0.15, 0.2) is 0 Å². The van der Waals surface area contributed by atoms with Gasteiger partial charge in [0.25, 0.3) is 0 Å². The monoisotopic (exact) mass is 224 g/mol. The molecule has 1 aliphatic rings. The Balaban J connectivity index is 2.63. The van der Waals surface area contributed by atoms with Crippen molar-refractivity contribution in [3.05, 3.63) is 0 Å². The maximum atomic E-state index is 6.35. The Kier molecular flexibility index (Phi) is 4.21. The van der Waals surface area contributed by atoms with Crippen molar-refractivity contribution < 1.29 is 3.79 Å². The summed E-state index contributed by atoms with van der Waals surface area (Å²) in [7, 11) is 6.03. The van der Waals surface area contributed by atoms with Gasteiger partial charge in [-0.1, -0.05) is 37.2 Å². The molecule has 70 valence electrons. The van der Waals surface area contributed by atoms with Crippen LogP contribution in [0.15, 0.2) is 0 Å². The highest BCUT2D eigenvalue weighted by Gasteiger charge is 2.43. The van der Waals surface area contributed by atoms with Crippen LogP contribution in [0.25, 0.3) is 0 Å². The number of halogens is 2. The van der Waals surface area contributed by atoms with E-state index in [9.17, 15) is 0 Å². The molecule has 0 saturated carbocycles. The predicted molar refractivity (Wildman–Crippen MR) is 54.8 cm³/mol. The van der Waals surface area contributed by atoms with Gasteiger partial charge < -0.3 is 3.79 Å². The molecule has 12 heavy (non-hydrogen) atoms. The van der Waals surface area contributed by atoms with Crippen molar-refractivity contribution in [2.45, 2.75) is 43.5 Å². The topological polar surface area (TPSA) is 9.23 Å². The van der Waals surface area contributed by atoms with Gasteiger partial charge in [-0.05, 0) is 18.8 Å². The van der Waals surface area contributed by atoms with Crippen LogP contribution in [0.5, 0.6) is 0 Å². The molecule has 0 bridgehead atoms. The lowest BCUT2D eigenvalue weighted by atomic mass is 9.94. The molecular formula is C8H15AlCl2O. The van der Waals surface area contributed by atoms with Gasteiger partial charge in [0.05, 0.1) is 0 Å². The summed E-state index contributed by atoms with van der Waals surface area (Å²) in [4.78, 5) is 0. The molecule has 1 nitrogen and oxygen atoms in total. The molecule has 0 aromatic heterocycles. The molecule has 1 rings (SSSR count). The molecule has 1 saturated heterocycles. The Bertz CT molecular complexity index is 156. The lowest BCUT2D eigenvalue weighted by Crippen LogP contribution is -2.42.